The van der Waals surface area contributed by atoms with Crippen molar-refractivity contribution in [2.75, 3.05) is 7.11 Å². The van der Waals surface area contributed by atoms with E-state index in [0.717, 1.165) is 26.4 Å². The minimum Gasteiger partial charge on any atom is -0.453 e. The number of thiophene rings is 1. The number of carbonyl (C=O) groups excluding carboxylic acids is 3. The van der Waals surface area contributed by atoms with E-state index in [-0.39, 0.29) is 5.41 Å². The highest BCUT2D eigenvalue weighted by atomic mass is 32.1. The van der Waals surface area contributed by atoms with Gasteiger partial charge >= 0.3 is 12.1 Å². The van der Waals surface area contributed by atoms with Gasteiger partial charge in [0.05, 0.1) is 7.11 Å². The first kappa shape index (κ1) is 19.4. The van der Waals surface area contributed by atoms with E-state index in [1.165, 1.54) is 28.7 Å². The molecule has 138 valence electrons. The molecule has 6 nitrogen and oxygen atoms in total. The van der Waals surface area contributed by atoms with Crippen LogP contribution in [0.4, 0.5) is 4.79 Å². The molecule has 1 N–H and O–H groups in total. The number of methoxy groups -OCH3 is 1. The lowest BCUT2D eigenvalue weighted by Gasteiger charge is -2.33. The van der Waals surface area contributed by atoms with Crippen LogP contribution in [0.2, 0.25) is 0 Å². The van der Waals surface area contributed by atoms with Crippen molar-refractivity contribution in [1.82, 2.24) is 5.32 Å². The molecule has 1 aromatic heterocycles. The van der Waals surface area contributed by atoms with Gasteiger partial charge < -0.3 is 9.47 Å². The van der Waals surface area contributed by atoms with Crippen LogP contribution in [0.25, 0.3) is 0 Å². The zero-order chi connectivity index (χ0) is 18.8. The summed E-state index contributed by atoms with van der Waals surface area (Å²) in [6, 6.07) is 1.88. The van der Waals surface area contributed by atoms with E-state index < -0.39 is 24.1 Å². The molecular weight excluding hydrogens is 342 g/mol. The van der Waals surface area contributed by atoms with Crippen molar-refractivity contribution in [3.05, 3.63) is 21.4 Å². The Labute approximate surface area is 151 Å². The third-order valence-corrected chi connectivity index (χ3v) is 5.79. The molecule has 2 rings (SSSR count). The molecule has 7 heteroatoms. The van der Waals surface area contributed by atoms with Crippen molar-refractivity contribution >= 4 is 29.3 Å². The molecule has 0 aromatic carbocycles. The zero-order valence-electron chi connectivity index (χ0n) is 15.3. The number of nitrogens with one attached hydrogen (secondary N) is 1. The molecule has 0 saturated heterocycles. The third-order valence-electron chi connectivity index (χ3n) is 4.57. The highest BCUT2D eigenvalue weighted by Gasteiger charge is 2.31. The quantitative estimate of drug-likeness (QED) is 0.829. The predicted molar refractivity (Wildman–Crippen MR) is 94.7 cm³/mol. The topological polar surface area (TPSA) is 81.7 Å². The Morgan fingerprint density at radius 1 is 1.32 bits per heavy atom. The van der Waals surface area contributed by atoms with E-state index in [2.05, 4.69) is 25.5 Å². The van der Waals surface area contributed by atoms with Gasteiger partial charge in [-0.05, 0) is 49.1 Å². The Kier molecular flexibility index (Phi) is 5.87. The SMILES string of the molecule is COC(=O)NC(=O)[C@@H](C)OC(=O)c1cc2c(s1)CC[C@@H](C(C)(C)C)C2. The van der Waals surface area contributed by atoms with Gasteiger partial charge in [-0.1, -0.05) is 20.8 Å². The Hall–Kier alpha value is -1.89. The normalized spacial score (nSPS) is 18.0. The molecule has 1 aliphatic rings. The lowest BCUT2D eigenvalue weighted by molar-refractivity contribution is -0.128. The fourth-order valence-corrected chi connectivity index (χ4v) is 3.98. The average Bonchev–Trinajstić information content (AvgIpc) is 2.96. The van der Waals surface area contributed by atoms with Gasteiger partial charge in [0.2, 0.25) is 0 Å². The minimum atomic E-state index is -1.08. The summed E-state index contributed by atoms with van der Waals surface area (Å²) in [7, 11) is 1.15. The number of carbonyl (C=O) groups is 3. The summed E-state index contributed by atoms with van der Waals surface area (Å²) in [5.41, 5.74) is 1.44. The van der Waals surface area contributed by atoms with Gasteiger partial charge in [-0.3, -0.25) is 10.1 Å². The molecule has 1 heterocycles. The van der Waals surface area contributed by atoms with Crippen LogP contribution in [0.15, 0.2) is 6.07 Å². The standard InChI is InChI=1S/C18H25NO5S/c1-10(15(20)19-17(22)23-5)24-16(21)14-9-11-8-12(18(2,3)4)6-7-13(11)25-14/h9-10,12H,6-8H2,1-5H3,(H,19,20,22)/t10-,12-/m1/s1. The van der Waals surface area contributed by atoms with Crippen molar-refractivity contribution in [3.63, 3.8) is 0 Å². The summed E-state index contributed by atoms with van der Waals surface area (Å²) in [6.07, 6.45) is 1.08. The highest BCUT2D eigenvalue weighted by molar-refractivity contribution is 7.14. The Bertz CT molecular complexity index is 673. The monoisotopic (exact) mass is 367 g/mol. The number of ether oxygens (including phenoxy) is 2. The van der Waals surface area contributed by atoms with Crippen molar-refractivity contribution in [2.45, 2.75) is 53.1 Å². The van der Waals surface area contributed by atoms with Crippen LogP contribution < -0.4 is 5.32 Å². The van der Waals surface area contributed by atoms with Crippen LogP contribution in [0.5, 0.6) is 0 Å². The summed E-state index contributed by atoms with van der Waals surface area (Å²) < 4.78 is 9.51. The van der Waals surface area contributed by atoms with Crippen LogP contribution in [-0.4, -0.2) is 31.2 Å². The van der Waals surface area contributed by atoms with Gasteiger partial charge in [-0.25, -0.2) is 9.59 Å². The summed E-state index contributed by atoms with van der Waals surface area (Å²) in [5.74, 6) is -0.670. The van der Waals surface area contributed by atoms with Gasteiger partial charge in [0.1, 0.15) is 4.88 Å². The molecule has 2 atom stereocenters. The second-order valence-corrected chi connectivity index (χ2v) is 8.53. The highest BCUT2D eigenvalue weighted by Crippen LogP contribution is 2.40. The molecule has 1 aliphatic carbocycles. The Morgan fingerprint density at radius 3 is 2.60 bits per heavy atom. The molecule has 0 unspecified atom stereocenters. The summed E-state index contributed by atoms with van der Waals surface area (Å²) in [6.45, 7) is 8.14. The fourth-order valence-electron chi connectivity index (χ4n) is 2.89. The molecule has 0 aliphatic heterocycles. The first-order chi connectivity index (χ1) is 11.6. The van der Waals surface area contributed by atoms with E-state index in [4.69, 9.17) is 4.74 Å². The van der Waals surface area contributed by atoms with Gasteiger partial charge in [0.15, 0.2) is 6.10 Å². The van der Waals surface area contributed by atoms with Crippen LogP contribution in [0.1, 0.15) is 54.2 Å². The van der Waals surface area contributed by atoms with Crippen LogP contribution >= 0.6 is 11.3 Å². The summed E-state index contributed by atoms with van der Waals surface area (Å²) in [5, 5.41) is 1.98. The Balaban J connectivity index is 2.01. The fraction of sp³-hybridized carbons (Fsp3) is 0.611. The van der Waals surface area contributed by atoms with Crippen molar-refractivity contribution < 1.29 is 23.9 Å². The maximum atomic E-state index is 12.3. The lowest BCUT2D eigenvalue weighted by Crippen LogP contribution is -2.39. The summed E-state index contributed by atoms with van der Waals surface area (Å²) in [4.78, 5) is 36.8. The number of fused-ring (bicyclic) bond motifs is 1. The number of hydrogen-bond donors (Lipinski definition) is 1. The van der Waals surface area contributed by atoms with E-state index in [1.54, 1.807) is 0 Å². The molecule has 0 spiro atoms. The first-order valence-corrected chi connectivity index (χ1v) is 9.14. The molecule has 0 radical (unpaired) electrons. The largest absolute Gasteiger partial charge is 0.453 e. The summed E-state index contributed by atoms with van der Waals surface area (Å²) >= 11 is 1.43. The maximum Gasteiger partial charge on any atom is 0.413 e. The second-order valence-electron chi connectivity index (χ2n) is 7.39. The first-order valence-electron chi connectivity index (χ1n) is 8.33. The number of rotatable bonds is 3. The van der Waals surface area contributed by atoms with E-state index in [0.29, 0.717) is 10.8 Å². The van der Waals surface area contributed by atoms with E-state index in [1.807, 2.05) is 11.4 Å². The second kappa shape index (κ2) is 7.56. The lowest BCUT2D eigenvalue weighted by atomic mass is 9.72. The molecule has 0 bridgehead atoms. The van der Waals surface area contributed by atoms with Crippen molar-refractivity contribution in [2.24, 2.45) is 11.3 Å². The molecule has 0 fully saturated rings. The van der Waals surface area contributed by atoms with Crippen molar-refractivity contribution in [1.29, 1.82) is 0 Å². The number of amides is 2. The maximum absolute atomic E-state index is 12.3. The zero-order valence-corrected chi connectivity index (χ0v) is 16.1. The number of aryl methyl sites for hydroxylation is 1. The number of esters is 1. The van der Waals surface area contributed by atoms with Crippen molar-refractivity contribution in [3.8, 4) is 0 Å². The molecule has 0 saturated carbocycles. The predicted octanol–water partition coefficient (Wildman–Crippen LogP) is 3.33. The molecule has 2 amide bonds. The van der Waals surface area contributed by atoms with E-state index >= 15 is 0 Å². The molecular formula is C18H25NO5S. The van der Waals surface area contributed by atoms with Gasteiger partial charge in [-0.2, -0.15) is 0 Å². The smallest absolute Gasteiger partial charge is 0.413 e. The minimum absolute atomic E-state index is 0.237. The average molecular weight is 367 g/mol. The molecule has 25 heavy (non-hydrogen) atoms. The van der Waals surface area contributed by atoms with Gasteiger partial charge in [-0.15, -0.1) is 11.3 Å². The number of imide groups is 1. The van der Waals surface area contributed by atoms with E-state index in [9.17, 15) is 14.4 Å². The third kappa shape index (κ3) is 4.81. The molecule has 1 aromatic rings. The van der Waals surface area contributed by atoms with Crippen LogP contribution in [0, 0.1) is 11.3 Å². The van der Waals surface area contributed by atoms with Crippen LogP contribution in [-0.2, 0) is 27.1 Å². The van der Waals surface area contributed by atoms with Gasteiger partial charge in [0.25, 0.3) is 5.91 Å². The number of alkyl carbamates (subject to hydrolysis) is 1. The Morgan fingerprint density at radius 2 is 2.00 bits per heavy atom. The van der Waals surface area contributed by atoms with Gasteiger partial charge in [0, 0.05) is 4.88 Å². The van der Waals surface area contributed by atoms with Crippen LogP contribution in [0.3, 0.4) is 0 Å². The number of hydrogen-bond acceptors (Lipinski definition) is 6.